The van der Waals surface area contributed by atoms with Crippen LogP contribution in [0.25, 0.3) is 22.5 Å². The van der Waals surface area contributed by atoms with Crippen molar-refractivity contribution in [2.24, 2.45) is 0 Å². The van der Waals surface area contributed by atoms with Gasteiger partial charge < -0.3 is 5.73 Å². The zero-order chi connectivity index (χ0) is 14.7. The predicted molar refractivity (Wildman–Crippen MR) is 82.0 cm³/mol. The van der Waals surface area contributed by atoms with Crippen molar-refractivity contribution in [1.29, 1.82) is 5.26 Å². The van der Waals surface area contributed by atoms with Crippen LogP contribution in [-0.4, -0.2) is 9.97 Å². The Hall–Kier alpha value is -3.19. The third kappa shape index (κ3) is 2.45. The number of nitriles is 1. The van der Waals surface area contributed by atoms with Gasteiger partial charge in [-0.05, 0) is 0 Å². The van der Waals surface area contributed by atoms with Gasteiger partial charge in [-0.2, -0.15) is 5.26 Å². The third-order valence-corrected chi connectivity index (χ3v) is 3.12. The summed E-state index contributed by atoms with van der Waals surface area (Å²) in [4.78, 5) is 8.77. The largest absolute Gasteiger partial charge is 0.382 e. The van der Waals surface area contributed by atoms with Crippen LogP contribution in [0.4, 0.5) is 5.82 Å². The normalized spacial score (nSPS) is 10.0. The van der Waals surface area contributed by atoms with E-state index in [1.807, 2.05) is 60.7 Å². The summed E-state index contributed by atoms with van der Waals surface area (Å²) >= 11 is 0. The molecule has 0 saturated carbocycles. The van der Waals surface area contributed by atoms with E-state index in [0.717, 1.165) is 11.1 Å². The second-order valence-corrected chi connectivity index (χ2v) is 4.50. The first-order valence-electron chi connectivity index (χ1n) is 6.48. The Morgan fingerprint density at radius 3 is 1.81 bits per heavy atom. The number of anilines is 1. The van der Waals surface area contributed by atoms with Crippen LogP contribution < -0.4 is 5.73 Å². The lowest BCUT2D eigenvalue weighted by Crippen LogP contribution is -2.03. The molecular weight excluding hydrogens is 260 g/mol. The quantitative estimate of drug-likeness (QED) is 0.776. The number of nitrogens with zero attached hydrogens (tertiary/aromatic N) is 3. The minimum Gasteiger partial charge on any atom is -0.382 e. The number of rotatable bonds is 2. The topological polar surface area (TPSA) is 75.6 Å². The zero-order valence-electron chi connectivity index (χ0n) is 11.2. The molecule has 0 spiro atoms. The maximum absolute atomic E-state index is 9.26. The molecule has 0 saturated heterocycles. The molecule has 3 aromatic rings. The second kappa shape index (κ2) is 5.43. The highest BCUT2D eigenvalue weighted by Crippen LogP contribution is 2.28. The summed E-state index contributed by atoms with van der Waals surface area (Å²) in [5, 5.41) is 9.26. The van der Waals surface area contributed by atoms with Gasteiger partial charge in [-0.3, -0.25) is 0 Å². The van der Waals surface area contributed by atoms with Crippen molar-refractivity contribution in [3.8, 4) is 28.6 Å². The van der Waals surface area contributed by atoms with E-state index < -0.39 is 0 Å². The van der Waals surface area contributed by atoms with Gasteiger partial charge in [0.2, 0.25) is 0 Å². The van der Waals surface area contributed by atoms with Gasteiger partial charge in [-0.25, -0.2) is 9.97 Å². The molecule has 3 rings (SSSR count). The molecule has 0 fully saturated rings. The first kappa shape index (κ1) is 12.8. The molecule has 21 heavy (non-hydrogen) atoms. The minimum atomic E-state index is 0.235. The van der Waals surface area contributed by atoms with Crippen molar-refractivity contribution in [3.63, 3.8) is 0 Å². The lowest BCUT2D eigenvalue weighted by atomic mass is 10.1. The molecule has 4 heteroatoms. The van der Waals surface area contributed by atoms with E-state index in [4.69, 9.17) is 5.73 Å². The molecule has 0 bridgehead atoms. The number of nitrogens with two attached hydrogens (primary N) is 1. The highest BCUT2D eigenvalue weighted by molar-refractivity contribution is 5.75. The van der Waals surface area contributed by atoms with Crippen molar-refractivity contribution >= 4 is 5.82 Å². The third-order valence-electron chi connectivity index (χ3n) is 3.12. The average Bonchev–Trinajstić information content (AvgIpc) is 2.56. The fourth-order valence-corrected chi connectivity index (χ4v) is 2.13. The molecule has 1 aromatic heterocycles. The van der Waals surface area contributed by atoms with Crippen LogP contribution in [0.5, 0.6) is 0 Å². The van der Waals surface area contributed by atoms with Crippen molar-refractivity contribution in [3.05, 3.63) is 66.4 Å². The summed E-state index contributed by atoms with van der Waals surface area (Å²) in [6.45, 7) is 0. The van der Waals surface area contributed by atoms with Crippen LogP contribution in [0.2, 0.25) is 0 Å². The number of hydrogen-bond donors (Lipinski definition) is 1. The molecule has 4 nitrogen and oxygen atoms in total. The molecular formula is C17H12N4. The molecule has 0 aliphatic rings. The van der Waals surface area contributed by atoms with Crippen LogP contribution in [-0.2, 0) is 0 Å². The molecule has 0 unspecified atom stereocenters. The standard InChI is InChI=1S/C17H12N4/c18-11-14-15(12-7-3-1-4-8-12)21-16(17(19)20-14)13-9-5-2-6-10-13/h1-10H,(H2,19,20). The van der Waals surface area contributed by atoms with E-state index >= 15 is 0 Å². The van der Waals surface area contributed by atoms with Crippen LogP contribution in [0.15, 0.2) is 60.7 Å². The zero-order valence-corrected chi connectivity index (χ0v) is 11.2. The summed E-state index contributed by atoms with van der Waals surface area (Å²) in [5.41, 5.74) is 9.05. The molecule has 0 amide bonds. The van der Waals surface area contributed by atoms with E-state index in [-0.39, 0.29) is 11.5 Å². The number of nitrogen functional groups attached to an aromatic ring is 1. The van der Waals surface area contributed by atoms with E-state index in [0.29, 0.717) is 11.4 Å². The van der Waals surface area contributed by atoms with E-state index in [1.54, 1.807) is 0 Å². The number of benzene rings is 2. The Morgan fingerprint density at radius 2 is 1.29 bits per heavy atom. The van der Waals surface area contributed by atoms with Gasteiger partial charge in [-0.1, -0.05) is 60.7 Å². The molecule has 100 valence electrons. The summed E-state index contributed by atoms with van der Waals surface area (Å²) in [6.07, 6.45) is 0. The van der Waals surface area contributed by atoms with Gasteiger partial charge in [0.15, 0.2) is 11.5 Å². The molecule has 2 aromatic carbocycles. The summed E-state index contributed by atoms with van der Waals surface area (Å²) < 4.78 is 0. The lowest BCUT2D eigenvalue weighted by molar-refractivity contribution is 1.18. The van der Waals surface area contributed by atoms with Crippen LogP contribution in [0, 0.1) is 11.3 Å². The Morgan fingerprint density at radius 1 is 0.762 bits per heavy atom. The van der Waals surface area contributed by atoms with Gasteiger partial charge in [0.25, 0.3) is 0 Å². The highest BCUT2D eigenvalue weighted by Gasteiger charge is 2.14. The Bertz CT molecular complexity index is 805. The average molecular weight is 272 g/mol. The fourth-order valence-electron chi connectivity index (χ4n) is 2.13. The van der Waals surface area contributed by atoms with Crippen molar-refractivity contribution in [2.45, 2.75) is 0 Å². The van der Waals surface area contributed by atoms with Crippen molar-refractivity contribution in [2.75, 3.05) is 5.73 Å². The van der Waals surface area contributed by atoms with Crippen LogP contribution in [0.3, 0.4) is 0 Å². The molecule has 2 N–H and O–H groups in total. The van der Waals surface area contributed by atoms with Gasteiger partial charge in [0.1, 0.15) is 17.5 Å². The van der Waals surface area contributed by atoms with E-state index in [1.165, 1.54) is 0 Å². The molecule has 0 atom stereocenters. The van der Waals surface area contributed by atoms with Crippen LogP contribution >= 0.6 is 0 Å². The van der Waals surface area contributed by atoms with E-state index in [2.05, 4.69) is 16.0 Å². The molecule has 0 aliphatic heterocycles. The summed E-state index contributed by atoms with van der Waals surface area (Å²) in [5.74, 6) is 0.262. The van der Waals surface area contributed by atoms with Gasteiger partial charge in [0, 0.05) is 11.1 Å². The Labute approximate surface area is 122 Å². The second-order valence-electron chi connectivity index (χ2n) is 4.50. The number of hydrogen-bond acceptors (Lipinski definition) is 4. The van der Waals surface area contributed by atoms with Crippen LogP contribution in [0.1, 0.15) is 5.69 Å². The maximum Gasteiger partial charge on any atom is 0.169 e. The fraction of sp³-hybridized carbons (Fsp3) is 0. The Balaban J connectivity index is 2.23. The highest BCUT2D eigenvalue weighted by atomic mass is 14.9. The van der Waals surface area contributed by atoms with Gasteiger partial charge in [0.05, 0.1) is 0 Å². The lowest BCUT2D eigenvalue weighted by Gasteiger charge is -2.09. The molecule has 1 heterocycles. The SMILES string of the molecule is N#Cc1nc(N)c(-c2ccccc2)nc1-c1ccccc1. The van der Waals surface area contributed by atoms with Gasteiger partial charge in [-0.15, -0.1) is 0 Å². The number of aromatic nitrogens is 2. The molecule has 0 aliphatic carbocycles. The van der Waals surface area contributed by atoms with Crippen molar-refractivity contribution < 1.29 is 0 Å². The minimum absolute atomic E-state index is 0.235. The smallest absolute Gasteiger partial charge is 0.169 e. The monoisotopic (exact) mass is 272 g/mol. The van der Waals surface area contributed by atoms with Gasteiger partial charge >= 0.3 is 0 Å². The summed E-state index contributed by atoms with van der Waals surface area (Å²) in [6, 6.07) is 21.2. The first-order valence-corrected chi connectivity index (χ1v) is 6.48. The Kier molecular flexibility index (Phi) is 3.32. The van der Waals surface area contributed by atoms with Crippen molar-refractivity contribution in [1.82, 2.24) is 9.97 Å². The van der Waals surface area contributed by atoms with E-state index in [9.17, 15) is 5.26 Å². The maximum atomic E-state index is 9.26. The first-order chi connectivity index (χ1) is 10.3. The predicted octanol–water partition coefficient (Wildman–Crippen LogP) is 3.26. The summed E-state index contributed by atoms with van der Waals surface area (Å²) in [7, 11) is 0. The molecule has 0 radical (unpaired) electrons.